The van der Waals surface area contributed by atoms with Crippen LogP contribution < -0.4 is 10.6 Å². The van der Waals surface area contributed by atoms with Gasteiger partial charge in [0.15, 0.2) is 0 Å². The van der Waals surface area contributed by atoms with Crippen LogP contribution in [-0.2, 0) is 6.42 Å². The zero-order valence-electron chi connectivity index (χ0n) is 11.6. The number of anilines is 3. The highest BCUT2D eigenvalue weighted by Gasteiger charge is 2.09. The van der Waals surface area contributed by atoms with Gasteiger partial charge in [0.1, 0.15) is 0 Å². The van der Waals surface area contributed by atoms with E-state index in [4.69, 9.17) is 0 Å². The molecule has 0 saturated carbocycles. The van der Waals surface area contributed by atoms with Gasteiger partial charge in [0.25, 0.3) is 0 Å². The summed E-state index contributed by atoms with van der Waals surface area (Å²) in [4.78, 5) is 8.92. The Morgan fingerprint density at radius 2 is 2.05 bits per heavy atom. The van der Waals surface area contributed by atoms with E-state index < -0.39 is 0 Å². The molecular formula is C17H16N4. The smallest absolute Gasteiger partial charge is 0.227 e. The maximum absolute atomic E-state index is 4.54. The molecule has 0 spiro atoms. The van der Waals surface area contributed by atoms with E-state index in [2.05, 4.69) is 38.8 Å². The van der Waals surface area contributed by atoms with Gasteiger partial charge in [-0.05, 0) is 42.7 Å². The van der Waals surface area contributed by atoms with E-state index in [0.717, 1.165) is 29.6 Å². The molecule has 3 aromatic rings. The van der Waals surface area contributed by atoms with E-state index in [9.17, 15) is 0 Å². The molecular weight excluding hydrogens is 260 g/mol. The van der Waals surface area contributed by atoms with E-state index in [1.54, 1.807) is 0 Å². The molecule has 0 atom stereocenters. The average molecular weight is 276 g/mol. The second kappa shape index (κ2) is 5.05. The summed E-state index contributed by atoms with van der Waals surface area (Å²) < 4.78 is 0. The van der Waals surface area contributed by atoms with Crippen molar-refractivity contribution in [3.8, 4) is 0 Å². The first-order valence-corrected chi connectivity index (χ1v) is 7.24. The molecule has 1 aliphatic heterocycles. The van der Waals surface area contributed by atoms with Gasteiger partial charge in [0.2, 0.25) is 5.95 Å². The summed E-state index contributed by atoms with van der Waals surface area (Å²) in [6, 6.07) is 14.4. The Hall–Kier alpha value is -2.62. The predicted molar refractivity (Wildman–Crippen MR) is 86.1 cm³/mol. The number of aromatic nitrogens is 2. The van der Waals surface area contributed by atoms with Gasteiger partial charge in [-0.3, -0.25) is 0 Å². The second-order valence-corrected chi connectivity index (χ2v) is 5.28. The van der Waals surface area contributed by atoms with Crippen LogP contribution in [0.2, 0.25) is 0 Å². The Labute approximate surface area is 123 Å². The molecule has 4 rings (SSSR count). The van der Waals surface area contributed by atoms with Gasteiger partial charge < -0.3 is 10.6 Å². The van der Waals surface area contributed by atoms with Crippen molar-refractivity contribution in [3.63, 3.8) is 0 Å². The lowest BCUT2D eigenvalue weighted by atomic mass is 10.0. The third-order valence-corrected chi connectivity index (χ3v) is 3.79. The van der Waals surface area contributed by atoms with Crippen LogP contribution in [0.15, 0.2) is 48.7 Å². The zero-order chi connectivity index (χ0) is 14.1. The summed E-state index contributed by atoms with van der Waals surface area (Å²) >= 11 is 0. The molecule has 0 fully saturated rings. The number of nitrogens with zero attached hydrogens (tertiary/aromatic N) is 2. The summed E-state index contributed by atoms with van der Waals surface area (Å²) in [7, 11) is 0. The van der Waals surface area contributed by atoms with Crippen molar-refractivity contribution < 1.29 is 0 Å². The Morgan fingerprint density at radius 1 is 1.10 bits per heavy atom. The number of aryl methyl sites for hydroxylation is 1. The molecule has 0 unspecified atom stereocenters. The lowest BCUT2D eigenvalue weighted by Crippen LogP contribution is -2.11. The average Bonchev–Trinajstić information content (AvgIpc) is 2.55. The van der Waals surface area contributed by atoms with Crippen molar-refractivity contribution in [3.05, 3.63) is 54.2 Å². The Kier molecular flexibility index (Phi) is 2.92. The summed E-state index contributed by atoms with van der Waals surface area (Å²) in [5.74, 6) is 0.636. The van der Waals surface area contributed by atoms with Gasteiger partial charge in [-0.15, -0.1) is 0 Å². The van der Waals surface area contributed by atoms with Crippen LogP contribution in [-0.4, -0.2) is 16.5 Å². The van der Waals surface area contributed by atoms with Crippen molar-refractivity contribution in [1.29, 1.82) is 0 Å². The number of benzene rings is 2. The topological polar surface area (TPSA) is 49.8 Å². The summed E-state index contributed by atoms with van der Waals surface area (Å²) in [6.07, 6.45) is 4.16. The van der Waals surface area contributed by atoms with Crippen LogP contribution in [0, 0.1) is 0 Å². The summed E-state index contributed by atoms with van der Waals surface area (Å²) in [5, 5.41) is 7.77. The standard InChI is InChI=1S/C17H16N4/c1-2-6-16-13(4-1)11-19-17(21-16)20-14-7-8-15-12(10-14)5-3-9-18-15/h1-2,4,6-8,10-11,18H,3,5,9H2,(H,19,20,21). The minimum Gasteiger partial charge on any atom is -0.385 e. The molecule has 4 heteroatoms. The van der Waals surface area contributed by atoms with Gasteiger partial charge in [-0.25, -0.2) is 9.97 Å². The highest BCUT2D eigenvalue weighted by atomic mass is 15.1. The van der Waals surface area contributed by atoms with E-state index >= 15 is 0 Å². The maximum atomic E-state index is 4.54. The largest absolute Gasteiger partial charge is 0.385 e. The molecule has 1 aliphatic rings. The number of para-hydroxylation sites is 1. The fraction of sp³-hybridized carbons (Fsp3) is 0.176. The molecule has 2 N–H and O–H groups in total. The molecule has 0 aliphatic carbocycles. The molecule has 21 heavy (non-hydrogen) atoms. The van der Waals surface area contributed by atoms with Gasteiger partial charge in [0, 0.05) is 29.5 Å². The van der Waals surface area contributed by atoms with E-state index in [1.807, 2.05) is 30.5 Å². The highest BCUT2D eigenvalue weighted by Crippen LogP contribution is 2.26. The first kappa shape index (κ1) is 12.1. The lowest BCUT2D eigenvalue weighted by Gasteiger charge is -2.18. The molecule has 0 amide bonds. The van der Waals surface area contributed by atoms with Crippen molar-refractivity contribution in [2.75, 3.05) is 17.2 Å². The second-order valence-electron chi connectivity index (χ2n) is 5.28. The van der Waals surface area contributed by atoms with Crippen molar-refractivity contribution in [1.82, 2.24) is 9.97 Å². The third kappa shape index (κ3) is 2.40. The predicted octanol–water partition coefficient (Wildman–Crippen LogP) is 3.73. The van der Waals surface area contributed by atoms with Crippen LogP contribution >= 0.6 is 0 Å². The Morgan fingerprint density at radius 3 is 3.05 bits per heavy atom. The van der Waals surface area contributed by atoms with Gasteiger partial charge in [0.05, 0.1) is 5.52 Å². The van der Waals surface area contributed by atoms with Crippen molar-refractivity contribution in [2.45, 2.75) is 12.8 Å². The molecule has 104 valence electrons. The lowest BCUT2D eigenvalue weighted by molar-refractivity contribution is 0.830. The molecule has 0 radical (unpaired) electrons. The van der Waals surface area contributed by atoms with E-state index in [-0.39, 0.29) is 0 Å². The molecule has 2 heterocycles. The van der Waals surface area contributed by atoms with Crippen molar-refractivity contribution >= 4 is 28.2 Å². The number of hydrogen-bond donors (Lipinski definition) is 2. The molecule has 0 saturated heterocycles. The van der Waals surface area contributed by atoms with Gasteiger partial charge >= 0.3 is 0 Å². The van der Waals surface area contributed by atoms with E-state index in [0.29, 0.717) is 5.95 Å². The first-order chi connectivity index (χ1) is 10.4. The van der Waals surface area contributed by atoms with Crippen molar-refractivity contribution in [2.24, 2.45) is 0 Å². The number of hydrogen-bond acceptors (Lipinski definition) is 4. The minimum absolute atomic E-state index is 0.636. The normalized spacial score (nSPS) is 13.5. The summed E-state index contributed by atoms with van der Waals surface area (Å²) in [5.41, 5.74) is 4.58. The molecule has 1 aromatic heterocycles. The van der Waals surface area contributed by atoms with Crippen LogP contribution in [0.25, 0.3) is 10.9 Å². The van der Waals surface area contributed by atoms with Crippen LogP contribution in [0.5, 0.6) is 0 Å². The molecule has 4 nitrogen and oxygen atoms in total. The molecule has 2 aromatic carbocycles. The summed E-state index contributed by atoms with van der Waals surface area (Å²) in [6.45, 7) is 1.06. The SMILES string of the molecule is c1ccc2nc(Nc3ccc4c(c3)CCCN4)ncc2c1. The minimum atomic E-state index is 0.636. The third-order valence-electron chi connectivity index (χ3n) is 3.79. The Bertz CT molecular complexity index is 798. The quantitative estimate of drug-likeness (QED) is 0.748. The number of rotatable bonds is 2. The number of nitrogens with one attached hydrogen (secondary N) is 2. The zero-order valence-corrected chi connectivity index (χ0v) is 11.6. The first-order valence-electron chi connectivity index (χ1n) is 7.24. The van der Waals surface area contributed by atoms with Crippen LogP contribution in [0.4, 0.5) is 17.3 Å². The van der Waals surface area contributed by atoms with E-state index in [1.165, 1.54) is 17.7 Å². The highest BCUT2D eigenvalue weighted by molar-refractivity contribution is 5.79. The fourth-order valence-electron chi connectivity index (χ4n) is 2.71. The van der Waals surface area contributed by atoms with Gasteiger partial charge in [-0.2, -0.15) is 0 Å². The maximum Gasteiger partial charge on any atom is 0.227 e. The van der Waals surface area contributed by atoms with Gasteiger partial charge in [-0.1, -0.05) is 18.2 Å². The van der Waals surface area contributed by atoms with Crippen LogP contribution in [0.3, 0.4) is 0 Å². The fourth-order valence-corrected chi connectivity index (χ4v) is 2.71. The monoisotopic (exact) mass is 276 g/mol. The Balaban J connectivity index is 1.64. The van der Waals surface area contributed by atoms with Crippen LogP contribution in [0.1, 0.15) is 12.0 Å². The molecule has 0 bridgehead atoms. The number of fused-ring (bicyclic) bond motifs is 2.